The van der Waals surface area contributed by atoms with Gasteiger partial charge in [0.15, 0.2) is 0 Å². The number of carbonyl (C=O) groups excluding carboxylic acids is 1. The predicted molar refractivity (Wildman–Crippen MR) is 124 cm³/mol. The Balaban J connectivity index is 1.16. The van der Waals surface area contributed by atoms with Gasteiger partial charge in [-0.05, 0) is 86.4 Å². The predicted octanol–water partition coefficient (Wildman–Crippen LogP) is 4.13. The third-order valence-electron chi connectivity index (χ3n) is 6.47. The Bertz CT molecular complexity index is 1100. The Morgan fingerprint density at radius 2 is 1.85 bits per heavy atom. The minimum atomic E-state index is -0.163. The molecule has 3 heterocycles. The summed E-state index contributed by atoms with van der Waals surface area (Å²) in [5, 5.41) is 7.60. The number of hydrogen-bond acceptors (Lipinski definition) is 6. The van der Waals surface area contributed by atoms with Gasteiger partial charge < -0.3 is 10.2 Å². The number of carbonyl (C=O) groups is 1. The van der Waals surface area contributed by atoms with E-state index in [1.54, 1.807) is 30.7 Å². The van der Waals surface area contributed by atoms with E-state index in [9.17, 15) is 9.18 Å². The van der Waals surface area contributed by atoms with E-state index in [2.05, 4.69) is 25.3 Å². The zero-order valence-corrected chi connectivity index (χ0v) is 18.7. The Labute approximate surface area is 193 Å². The van der Waals surface area contributed by atoms with E-state index < -0.39 is 0 Å². The van der Waals surface area contributed by atoms with E-state index >= 15 is 0 Å². The van der Waals surface area contributed by atoms with Crippen molar-refractivity contribution in [2.45, 2.75) is 51.0 Å². The highest BCUT2D eigenvalue weighted by atomic mass is 19.1. The van der Waals surface area contributed by atoms with Crippen LogP contribution < -0.4 is 5.32 Å². The topological polar surface area (TPSA) is 75.9 Å². The molecule has 1 N–H and O–H groups in total. The molecule has 1 saturated carbocycles. The lowest BCUT2D eigenvalue weighted by Gasteiger charge is -2.13. The maximum atomic E-state index is 14.9. The normalized spacial score (nSPS) is 16.3. The molecule has 5 rings (SSSR count). The maximum absolute atomic E-state index is 14.9. The van der Waals surface area contributed by atoms with Crippen LogP contribution in [0.4, 0.5) is 16.0 Å². The van der Waals surface area contributed by atoms with E-state index in [4.69, 9.17) is 0 Å². The average Bonchev–Trinajstić information content (AvgIpc) is 3.35. The minimum Gasteiger partial charge on any atom is -0.321 e. The molecule has 0 amide bonds. The molecule has 0 radical (unpaired) electrons. The molecule has 7 nitrogen and oxygen atoms in total. The van der Waals surface area contributed by atoms with Crippen molar-refractivity contribution in [3.05, 3.63) is 65.0 Å². The van der Waals surface area contributed by atoms with E-state index in [1.165, 1.54) is 25.9 Å². The quantitative estimate of drug-likeness (QED) is 0.470. The lowest BCUT2D eigenvalue weighted by Crippen LogP contribution is -2.24. The monoisotopic (exact) mass is 448 g/mol. The second-order valence-corrected chi connectivity index (χ2v) is 9.06. The molecule has 1 aliphatic carbocycles. The Kier molecular flexibility index (Phi) is 6.44. The summed E-state index contributed by atoms with van der Waals surface area (Å²) in [6.45, 7) is 4.25. The Morgan fingerprint density at radius 3 is 2.58 bits per heavy atom. The van der Waals surface area contributed by atoms with Crippen molar-refractivity contribution in [2.75, 3.05) is 25.0 Å². The van der Waals surface area contributed by atoms with Gasteiger partial charge in [-0.15, -0.1) is 0 Å². The first-order valence-corrected chi connectivity index (χ1v) is 11.8. The van der Waals surface area contributed by atoms with Crippen molar-refractivity contribution in [1.82, 2.24) is 24.6 Å². The molecule has 2 aromatic heterocycles. The highest BCUT2D eigenvalue weighted by Crippen LogP contribution is 2.42. The first-order valence-electron chi connectivity index (χ1n) is 11.8. The number of aromatic nitrogens is 4. The summed E-state index contributed by atoms with van der Waals surface area (Å²) in [5.74, 6) is 0.606. The molecule has 8 heteroatoms. The van der Waals surface area contributed by atoms with Crippen LogP contribution in [0.15, 0.2) is 36.9 Å². The molecule has 0 unspecified atom stereocenters. The van der Waals surface area contributed by atoms with Gasteiger partial charge in [0.2, 0.25) is 5.95 Å². The van der Waals surface area contributed by atoms with E-state index in [1.807, 2.05) is 10.9 Å². The number of benzene rings is 1. The fourth-order valence-electron chi connectivity index (χ4n) is 4.43. The molecule has 1 saturated heterocycles. The average molecular weight is 449 g/mol. The van der Waals surface area contributed by atoms with Crippen molar-refractivity contribution in [3.63, 3.8) is 0 Å². The summed E-state index contributed by atoms with van der Waals surface area (Å²) in [6, 6.07) is 3.36. The third kappa shape index (κ3) is 5.45. The number of aldehydes is 1. The minimum absolute atomic E-state index is 0.163. The Hall–Kier alpha value is -3.13. The standard InChI is InChI=1S/C25H29FN6O/c26-24-21(11-19(17-33)12-23(24)20-5-6-20)4-3-18-13-27-25(28-14-18)30-22-15-29-32(16-22)10-9-31-7-1-2-8-31/h11-17,20H,1-10H2,(H,27,28,30). The number of nitrogens with zero attached hydrogens (tertiary/aromatic N) is 5. The van der Waals surface area contributed by atoms with E-state index in [0.717, 1.165) is 43.5 Å². The van der Waals surface area contributed by atoms with Crippen LogP contribution in [0.25, 0.3) is 0 Å². The van der Waals surface area contributed by atoms with Gasteiger partial charge in [-0.3, -0.25) is 9.48 Å². The third-order valence-corrected chi connectivity index (χ3v) is 6.47. The second-order valence-electron chi connectivity index (χ2n) is 9.06. The molecule has 0 bridgehead atoms. The molecule has 0 atom stereocenters. The summed E-state index contributed by atoms with van der Waals surface area (Å²) >= 11 is 0. The molecular weight excluding hydrogens is 419 g/mol. The smallest absolute Gasteiger partial charge is 0.227 e. The van der Waals surface area contributed by atoms with Crippen LogP contribution in [0.5, 0.6) is 0 Å². The summed E-state index contributed by atoms with van der Waals surface area (Å²) in [6.07, 6.45) is 13.8. The van der Waals surface area contributed by atoms with E-state index in [0.29, 0.717) is 35.5 Å². The van der Waals surface area contributed by atoms with Crippen molar-refractivity contribution < 1.29 is 9.18 Å². The van der Waals surface area contributed by atoms with Crippen molar-refractivity contribution >= 4 is 17.9 Å². The first kappa shape index (κ1) is 21.7. The molecule has 3 aromatic rings. The molecular formula is C25H29FN6O. The highest BCUT2D eigenvalue weighted by Gasteiger charge is 2.28. The lowest BCUT2D eigenvalue weighted by molar-refractivity contribution is 0.112. The van der Waals surface area contributed by atoms with Gasteiger partial charge in [0, 0.05) is 30.7 Å². The zero-order valence-electron chi connectivity index (χ0n) is 18.7. The highest BCUT2D eigenvalue weighted by molar-refractivity contribution is 5.75. The maximum Gasteiger partial charge on any atom is 0.227 e. The largest absolute Gasteiger partial charge is 0.321 e. The van der Waals surface area contributed by atoms with Crippen molar-refractivity contribution in [3.8, 4) is 0 Å². The Morgan fingerprint density at radius 1 is 1.06 bits per heavy atom. The first-order chi connectivity index (χ1) is 16.2. The zero-order chi connectivity index (χ0) is 22.6. The number of anilines is 2. The number of halogens is 1. The summed E-state index contributed by atoms with van der Waals surface area (Å²) in [5.41, 5.74) is 3.59. The lowest BCUT2D eigenvalue weighted by atomic mass is 9.98. The van der Waals surface area contributed by atoms with Gasteiger partial charge in [0.25, 0.3) is 0 Å². The van der Waals surface area contributed by atoms with Crippen LogP contribution in [-0.4, -0.2) is 50.6 Å². The summed E-state index contributed by atoms with van der Waals surface area (Å²) < 4.78 is 16.8. The SMILES string of the molecule is O=Cc1cc(CCc2cnc(Nc3cnn(CCN4CCCC4)c3)nc2)c(F)c(C2CC2)c1. The number of hydrogen-bond donors (Lipinski definition) is 1. The number of aryl methyl sites for hydroxylation is 2. The van der Waals surface area contributed by atoms with Gasteiger partial charge in [-0.25, -0.2) is 14.4 Å². The fraction of sp³-hybridized carbons (Fsp3) is 0.440. The number of nitrogens with one attached hydrogen (secondary N) is 1. The molecule has 172 valence electrons. The van der Waals surface area contributed by atoms with Gasteiger partial charge in [-0.2, -0.15) is 5.10 Å². The van der Waals surface area contributed by atoms with Crippen LogP contribution in [-0.2, 0) is 19.4 Å². The summed E-state index contributed by atoms with van der Waals surface area (Å²) in [4.78, 5) is 22.5. The number of rotatable bonds is 10. The van der Waals surface area contributed by atoms with Crippen LogP contribution in [0.2, 0.25) is 0 Å². The van der Waals surface area contributed by atoms with Crippen LogP contribution in [0, 0.1) is 5.82 Å². The molecule has 0 spiro atoms. The van der Waals surface area contributed by atoms with Crippen molar-refractivity contribution in [2.24, 2.45) is 0 Å². The van der Waals surface area contributed by atoms with Gasteiger partial charge in [0.1, 0.15) is 12.1 Å². The van der Waals surface area contributed by atoms with Crippen LogP contribution in [0.1, 0.15) is 58.6 Å². The molecule has 2 fully saturated rings. The number of likely N-dealkylation sites (tertiary alicyclic amines) is 1. The molecule has 1 aliphatic heterocycles. The molecule has 33 heavy (non-hydrogen) atoms. The van der Waals surface area contributed by atoms with Gasteiger partial charge >= 0.3 is 0 Å². The van der Waals surface area contributed by atoms with E-state index in [-0.39, 0.29) is 11.7 Å². The second kappa shape index (κ2) is 9.79. The molecule has 1 aromatic carbocycles. The van der Waals surface area contributed by atoms with Gasteiger partial charge in [0.05, 0.1) is 18.4 Å². The summed E-state index contributed by atoms with van der Waals surface area (Å²) in [7, 11) is 0. The fourth-order valence-corrected chi connectivity index (χ4v) is 4.43. The molecule has 2 aliphatic rings. The van der Waals surface area contributed by atoms with Gasteiger partial charge in [-0.1, -0.05) is 0 Å². The van der Waals surface area contributed by atoms with Crippen LogP contribution >= 0.6 is 0 Å². The van der Waals surface area contributed by atoms with Crippen molar-refractivity contribution in [1.29, 1.82) is 0 Å². The van der Waals surface area contributed by atoms with Crippen LogP contribution in [0.3, 0.4) is 0 Å².